The average molecular weight is 353 g/mol. The van der Waals surface area contributed by atoms with Crippen molar-refractivity contribution in [1.29, 1.82) is 0 Å². The van der Waals surface area contributed by atoms with Crippen molar-refractivity contribution in [3.8, 4) is 0 Å². The molecule has 0 spiro atoms. The monoisotopic (exact) mass is 352 g/mol. The van der Waals surface area contributed by atoms with Crippen molar-refractivity contribution in [1.82, 2.24) is 0 Å². The van der Waals surface area contributed by atoms with Gasteiger partial charge in [0.25, 0.3) is 5.91 Å². The number of thiophene rings is 1. The van der Waals surface area contributed by atoms with Gasteiger partial charge in [-0.25, -0.2) is 0 Å². The van der Waals surface area contributed by atoms with Crippen molar-refractivity contribution in [3.05, 3.63) is 81.5 Å². The zero-order valence-electron chi connectivity index (χ0n) is 12.6. The number of anilines is 2. The van der Waals surface area contributed by atoms with E-state index in [1.165, 1.54) is 0 Å². The predicted octanol–water partition coefficient (Wildman–Crippen LogP) is 5.07. The molecule has 3 nitrogen and oxygen atoms in total. The number of carbonyl (C=O) groups is 1. The number of amides is 1. The largest absolute Gasteiger partial charge is 0.281 e. The molecule has 1 aliphatic heterocycles. The highest BCUT2D eigenvalue weighted by Crippen LogP contribution is 2.36. The van der Waals surface area contributed by atoms with E-state index in [1.807, 2.05) is 65.4 Å². The Morgan fingerprint density at radius 3 is 2.58 bits per heavy atom. The minimum absolute atomic E-state index is 0.0800. The first-order valence-corrected chi connectivity index (χ1v) is 8.81. The summed E-state index contributed by atoms with van der Waals surface area (Å²) >= 11 is 7.48. The lowest BCUT2D eigenvalue weighted by molar-refractivity contribution is -0.111. The summed E-state index contributed by atoms with van der Waals surface area (Å²) in [5, 5.41) is 4.63. The van der Waals surface area contributed by atoms with E-state index in [0.29, 0.717) is 17.3 Å². The molecule has 0 unspecified atom stereocenters. The lowest BCUT2D eigenvalue weighted by Crippen LogP contribution is -2.25. The molecule has 0 radical (unpaired) electrons. The van der Waals surface area contributed by atoms with Crippen molar-refractivity contribution < 1.29 is 4.79 Å². The number of nitrogens with zero attached hydrogens (tertiary/aromatic N) is 2. The van der Waals surface area contributed by atoms with Crippen molar-refractivity contribution in [3.63, 3.8) is 0 Å². The molecule has 0 fully saturated rings. The van der Waals surface area contributed by atoms with Crippen LogP contribution in [0.25, 0.3) is 0 Å². The summed E-state index contributed by atoms with van der Waals surface area (Å²) in [6.45, 7) is 0.448. The second-order valence-corrected chi connectivity index (χ2v) is 6.65. The predicted molar refractivity (Wildman–Crippen MR) is 99.6 cm³/mol. The Morgan fingerprint density at radius 2 is 1.83 bits per heavy atom. The Hall–Kier alpha value is -2.43. The van der Waals surface area contributed by atoms with Crippen LogP contribution in [0.1, 0.15) is 11.1 Å². The summed E-state index contributed by atoms with van der Waals surface area (Å²) in [6, 6.07) is 17.2. The topological polar surface area (TPSA) is 32.7 Å². The first kappa shape index (κ1) is 15.1. The molecule has 1 aliphatic rings. The van der Waals surface area contributed by atoms with Crippen LogP contribution in [-0.4, -0.2) is 11.6 Å². The summed E-state index contributed by atoms with van der Waals surface area (Å²) in [6.07, 6.45) is 0. The Labute approximate surface area is 148 Å². The van der Waals surface area contributed by atoms with Crippen LogP contribution in [0.2, 0.25) is 5.02 Å². The molecule has 0 aliphatic carbocycles. The number of aliphatic imine (C=N–C) groups is 1. The highest BCUT2D eigenvalue weighted by Gasteiger charge is 2.34. The van der Waals surface area contributed by atoms with E-state index in [2.05, 4.69) is 4.99 Å². The van der Waals surface area contributed by atoms with E-state index in [4.69, 9.17) is 11.6 Å². The van der Waals surface area contributed by atoms with Crippen molar-refractivity contribution in [2.75, 3.05) is 4.90 Å². The van der Waals surface area contributed by atoms with Crippen molar-refractivity contribution in [2.45, 2.75) is 6.54 Å². The Morgan fingerprint density at radius 1 is 1.04 bits per heavy atom. The minimum Gasteiger partial charge on any atom is -0.274 e. The Balaban J connectivity index is 1.72. The van der Waals surface area contributed by atoms with Crippen LogP contribution in [-0.2, 0) is 11.3 Å². The van der Waals surface area contributed by atoms with Crippen LogP contribution in [0.15, 0.2) is 70.3 Å². The van der Waals surface area contributed by atoms with E-state index in [1.54, 1.807) is 16.2 Å². The third kappa shape index (κ3) is 2.64. The van der Waals surface area contributed by atoms with Crippen LogP contribution >= 0.6 is 22.9 Å². The average Bonchev–Trinajstić information content (AvgIpc) is 3.20. The van der Waals surface area contributed by atoms with Crippen LogP contribution in [0.3, 0.4) is 0 Å². The van der Waals surface area contributed by atoms with Gasteiger partial charge >= 0.3 is 0 Å². The van der Waals surface area contributed by atoms with Gasteiger partial charge in [-0.2, -0.15) is 11.3 Å². The standard InChI is InChI=1S/C19H13ClN2OS/c20-14-7-5-13(6-8-14)11-21-18-16-3-1-2-4-17(16)22(19(18)23)15-9-10-24-12-15/h1-10,12H,11H2. The third-order valence-electron chi connectivity index (χ3n) is 3.90. The molecule has 5 heteroatoms. The number of fused-ring (bicyclic) bond motifs is 1. The second-order valence-electron chi connectivity index (χ2n) is 5.43. The fourth-order valence-electron chi connectivity index (χ4n) is 2.75. The van der Waals surface area contributed by atoms with Gasteiger partial charge in [0, 0.05) is 16.0 Å². The molecular weight excluding hydrogens is 340 g/mol. The Bertz CT molecular complexity index is 917. The van der Waals surface area contributed by atoms with Gasteiger partial charge in [0.05, 0.1) is 17.9 Å². The molecular formula is C19H13ClN2OS. The van der Waals surface area contributed by atoms with Gasteiger partial charge in [-0.1, -0.05) is 41.9 Å². The normalized spacial score (nSPS) is 15.1. The smallest absolute Gasteiger partial charge is 0.274 e. The molecule has 118 valence electrons. The maximum atomic E-state index is 12.9. The first-order valence-electron chi connectivity index (χ1n) is 7.49. The molecule has 1 amide bonds. The van der Waals surface area contributed by atoms with Gasteiger partial charge in [0.2, 0.25) is 0 Å². The van der Waals surface area contributed by atoms with Crippen molar-refractivity contribution >= 4 is 45.9 Å². The lowest BCUT2D eigenvalue weighted by atomic mass is 10.1. The number of carbonyl (C=O) groups excluding carboxylic acids is 1. The van der Waals surface area contributed by atoms with E-state index in [9.17, 15) is 4.79 Å². The summed E-state index contributed by atoms with van der Waals surface area (Å²) in [5.74, 6) is -0.0800. The molecule has 4 rings (SSSR count). The molecule has 0 saturated carbocycles. The van der Waals surface area contributed by atoms with E-state index in [-0.39, 0.29) is 5.91 Å². The van der Waals surface area contributed by atoms with Gasteiger partial charge in [0.15, 0.2) is 0 Å². The molecule has 1 aromatic heterocycles. The molecule has 0 atom stereocenters. The number of para-hydroxylation sites is 1. The number of rotatable bonds is 3. The zero-order chi connectivity index (χ0) is 16.5. The summed E-state index contributed by atoms with van der Waals surface area (Å²) in [7, 11) is 0. The number of hydrogen-bond donors (Lipinski definition) is 0. The van der Waals surface area contributed by atoms with Gasteiger partial charge in [-0.05, 0) is 35.2 Å². The molecule has 0 bridgehead atoms. The Kier molecular flexibility index (Phi) is 3.92. The highest BCUT2D eigenvalue weighted by atomic mass is 35.5. The summed E-state index contributed by atoms with van der Waals surface area (Å²) in [4.78, 5) is 19.2. The van der Waals surface area contributed by atoms with Gasteiger partial charge in [0.1, 0.15) is 5.71 Å². The fraction of sp³-hybridized carbons (Fsp3) is 0.0526. The lowest BCUT2D eigenvalue weighted by Gasteiger charge is -2.14. The molecule has 0 saturated heterocycles. The van der Waals surface area contributed by atoms with E-state index >= 15 is 0 Å². The van der Waals surface area contributed by atoms with Gasteiger partial charge < -0.3 is 0 Å². The van der Waals surface area contributed by atoms with E-state index < -0.39 is 0 Å². The van der Waals surface area contributed by atoms with Crippen LogP contribution in [0, 0.1) is 0 Å². The fourth-order valence-corrected chi connectivity index (χ4v) is 3.50. The maximum Gasteiger partial charge on any atom is 0.281 e. The summed E-state index contributed by atoms with van der Waals surface area (Å²) in [5.41, 5.74) is 4.17. The highest BCUT2D eigenvalue weighted by molar-refractivity contribution is 7.08. The molecule has 2 heterocycles. The molecule has 3 aromatic rings. The zero-order valence-corrected chi connectivity index (χ0v) is 14.2. The SMILES string of the molecule is O=C1C(=NCc2ccc(Cl)cc2)c2ccccc2N1c1ccsc1. The first-order chi connectivity index (χ1) is 11.7. The minimum atomic E-state index is -0.0800. The third-order valence-corrected chi connectivity index (χ3v) is 4.83. The van der Waals surface area contributed by atoms with Crippen LogP contribution in [0.5, 0.6) is 0 Å². The quantitative estimate of drug-likeness (QED) is 0.647. The maximum absolute atomic E-state index is 12.9. The number of hydrogen-bond acceptors (Lipinski definition) is 3. The molecule has 0 N–H and O–H groups in total. The number of halogens is 1. The molecule has 24 heavy (non-hydrogen) atoms. The summed E-state index contributed by atoms with van der Waals surface area (Å²) < 4.78 is 0. The number of benzene rings is 2. The van der Waals surface area contributed by atoms with E-state index in [0.717, 1.165) is 22.5 Å². The molecule has 2 aromatic carbocycles. The van der Waals surface area contributed by atoms with Crippen LogP contribution < -0.4 is 4.90 Å². The second kappa shape index (κ2) is 6.23. The van der Waals surface area contributed by atoms with Crippen molar-refractivity contribution in [2.24, 2.45) is 4.99 Å². The van der Waals surface area contributed by atoms with Crippen LogP contribution in [0.4, 0.5) is 11.4 Å². The van der Waals surface area contributed by atoms with Gasteiger partial charge in [-0.15, -0.1) is 0 Å². The van der Waals surface area contributed by atoms with Gasteiger partial charge in [-0.3, -0.25) is 14.7 Å².